The van der Waals surface area contributed by atoms with Crippen LogP contribution in [0.3, 0.4) is 0 Å². The van der Waals surface area contributed by atoms with Gasteiger partial charge in [0.2, 0.25) is 0 Å². The molecule has 3 heterocycles. The summed E-state index contributed by atoms with van der Waals surface area (Å²) in [5, 5.41) is 11.5. The molecule has 0 saturated heterocycles. The molecule has 1 unspecified atom stereocenters. The number of esters is 1. The molecule has 0 aliphatic carbocycles. The first-order chi connectivity index (χ1) is 12.3. The minimum atomic E-state index is -0.436. The van der Waals surface area contributed by atoms with E-state index in [0.29, 0.717) is 17.9 Å². The van der Waals surface area contributed by atoms with Crippen LogP contribution >= 0.6 is 0 Å². The van der Waals surface area contributed by atoms with Gasteiger partial charge in [0.15, 0.2) is 5.70 Å². The molecule has 6 heteroatoms. The number of aromatic amines is 1. The maximum Gasteiger partial charge on any atom is 0.335 e. The Kier molecular flexibility index (Phi) is 3.45. The second kappa shape index (κ2) is 5.46. The molecule has 2 aliphatic heterocycles. The molecule has 2 aliphatic rings. The highest BCUT2D eigenvalue weighted by molar-refractivity contribution is 5.94. The number of fused-ring (bicyclic) bond motifs is 1. The van der Waals surface area contributed by atoms with Crippen molar-refractivity contribution < 1.29 is 9.53 Å². The van der Waals surface area contributed by atoms with Crippen molar-refractivity contribution in [3.63, 3.8) is 0 Å². The van der Waals surface area contributed by atoms with Crippen LogP contribution in [0.5, 0.6) is 0 Å². The number of allylic oxidation sites excluding steroid dienone is 2. The molecule has 0 fully saturated rings. The lowest BCUT2D eigenvalue weighted by Crippen LogP contribution is -2.42. The van der Waals surface area contributed by atoms with Gasteiger partial charge in [-0.2, -0.15) is 5.10 Å². The fourth-order valence-electron chi connectivity index (χ4n) is 3.78. The molecule has 132 valence electrons. The van der Waals surface area contributed by atoms with Crippen LogP contribution in [0, 0.1) is 18.9 Å². The summed E-state index contributed by atoms with van der Waals surface area (Å²) in [4.78, 5) is 16.4. The summed E-state index contributed by atoms with van der Waals surface area (Å²) in [6, 6.07) is 5.92. The Morgan fingerprint density at radius 1 is 1.35 bits per heavy atom. The van der Waals surface area contributed by atoms with Crippen LogP contribution in [0.2, 0.25) is 0 Å². The number of aryl methyl sites for hydroxylation is 1. The number of nitrogens with one attached hydrogen (secondary N) is 2. The number of carbonyl (C=O) groups excluding carboxylic acids is 1. The summed E-state index contributed by atoms with van der Waals surface area (Å²) >= 11 is 0. The van der Waals surface area contributed by atoms with Crippen LogP contribution in [0.1, 0.15) is 37.9 Å². The van der Waals surface area contributed by atoms with E-state index >= 15 is 0 Å². The highest BCUT2D eigenvalue weighted by Gasteiger charge is 2.44. The Labute approximate surface area is 151 Å². The predicted molar refractivity (Wildman–Crippen MR) is 97.8 cm³/mol. The first kappa shape index (κ1) is 16.4. The molecule has 1 aromatic carbocycles. The van der Waals surface area contributed by atoms with Crippen LogP contribution in [0.15, 0.2) is 40.9 Å². The van der Waals surface area contributed by atoms with Crippen LogP contribution in [-0.4, -0.2) is 22.8 Å². The van der Waals surface area contributed by atoms with Crippen molar-refractivity contribution in [1.82, 2.24) is 15.5 Å². The molecule has 2 aromatic rings. The van der Waals surface area contributed by atoms with Gasteiger partial charge in [-0.1, -0.05) is 19.9 Å². The average molecular weight is 348 g/mol. The maximum absolute atomic E-state index is 12.7. The molecule has 0 amide bonds. The lowest BCUT2D eigenvalue weighted by atomic mass is 9.75. The van der Waals surface area contributed by atoms with E-state index in [1.807, 2.05) is 45.9 Å². The van der Waals surface area contributed by atoms with E-state index in [4.69, 9.17) is 11.3 Å². The van der Waals surface area contributed by atoms with E-state index in [9.17, 15) is 4.79 Å². The van der Waals surface area contributed by atoms with Crippen molar-refractivity contribution >= 4 is 16.9 Å². The fraction of sp³-hybridized carbons (Fsp3) is 0.350. The van der Waals surface area contributed by atoms with Crippen LogP contribution < -0.4 is 5.32 Å². The lowest BCUT2D eigenvalue weighted by Gasteiger charge is -2.40. The summed E-state index contributed by atoms with van der Waals surface area (Å²) in [5.41, 5.74) is 5.11. The van der Waals surface area contributed by atoms with Crippen molar-refractivity contribution in [3.05, 3.63) is 63.5 Å². The summed E-state index contributed by atoms with van der Waals surface area (Å²) in [6.07, 6.45) is 0. The molecular weight excluding hydrogens is 328 g/mol. The zero-order valence-corrected chi connectivity index (χ0v) is 15.2. The van der Waals surface area contributed by atoms with E-state index in [0.717, 1.165) is 33.6 Å². The van der Waals surface area contributed by atoms with Gasteiger partial charge >= 0.3 is 5.97 Å². The van der Waals surface area contributed by atoms with Crippen LogP contribution in [0.4, 0.5) is 0 Å². The number of carbonyl (C=O) groups is 1. The van der Waals surface area contributed by atoms with E-state index in [1.165, 1.54) is 0 Å². The van der Waals surface area contributed by atoms with Crippen molar-refractivity contribution in [2.45, 2.75) is 33.6 Å². The standard InChI is InChI=1S/C20H20N4O2/c1-10-13-8-12(6-7-14(13)24-23-10)15-16-18(22-11(2)17(15)21-5)20(3,4)9-26-19(16)25/h6-8,15,22H,9H2,1-4H3,(H,23,24). The normalized spacial score (nSPS) is 22.0. The van der Waals surface area contributed by atoms with Crippen molar-refractivity contribution in [1.29, 1.82) is 0 Å². The quantitative estimate of drug-likeness (QED) is 0.611. The van der Waals surface area contributed by atoms with Gasteiger partial charge in [0.1, 0.15) is 6.61 Å². The van der Waals surface area contributed by atoms with Crippen molar-refractivity contribution in [3.8, 4) is 0 Å². The zero-order valence-electron chi connectivity index (χ0n) is 15.2. The maximum atomic E-state index is 12.7. The number of hydrogen-bond acceptors (Lipinski definition) is 4. The topological polar surface area (TPSA) is 71.4 Å². The Morgan fingerprint density at radius 2 is 2.12 bits per heavy atom. The number of aromatic nitrogens is 2. The first-order valence-corrected chi connectivity index (χ1v) is 8.55. The molecule has 0 radical (unpaired) electrons. The number of cyclic esters (lactones) is 1. The van der Waals surface area contributed by atoms with Gasteiger partial charge < -0.3 is 10.1 Å². The Balaban J connectivity index is 1.98. The van der Waals surface area contributed by atoms with Gasteiger partial charge in [0, 0.05) is 22.2 Å². The first-order valence-electron chi connectivity index (χ1n) is 8.55. The Bertz CT molecular complexity index is 1050. The Hall–Kier alpha value is -3.07. The molecule has 1 atom stereocenters. The van der Waals surface area contributed by atoms with Crippen LogP contribution in [-0.2, 0) is 9.53 Å². The number of hydrogen-bond donors (Lipinski definition) is 2. The number of H-pyrrole nitrogens is 1. The second-order valence-electron chi connectivity index (χ2n) is 7.54. The SMILES string of the molecule is [C-]#[N+]C1=C(C)NC2=C(C(=O)OCC2(C)C)C1c1ccc2[nH]nc(C)c2c1. The number of nitrogens with zero attached hydrogens (tertiary/aromatic N) is 2. The molecule has 0 bridgehead atoms. The molecule has 26 heavy (non-hydrogen) atoms. The highest BCUT2D eigenvalue weighted by atomic mass is 16.5. The Morgan fingerprint density at radius 3 is 2.85 bits per heavy atom. The van der Waals surface area contributed by atoms with Gasteiger partial charge in [-0.25, -0.2) is 9.64 Å². The van der Waals surface area contributed by atoms with E-state index in [2.05, 4.69) is 20.4 Å². The summed E-state index contributed by atoms with van der Waals surface area (Å²) in [6.45, 7) is 15.9. The predicted octanol–water partition coefficient (Wildman–Crippen LogP) is 3.55. The second-order valence-corrected chi connectivity index (χ2v) is 7.54. The lowest BCUT2D eigenvalue weighted by molar-refractivity contribution is -0.144. The van der Waals surface area contributed by atoms with Crippen LogP contribution in [0.25, 0.3) is 15.7 Å². The number of rotatable bonds is 1. The highest BCUT2D eigenvalue weighted by Crippen LogP contribution is 2.46. The molecular formula is C20H20N4O2. The molecule has 0 spiro atoms. The van der Waals surface area contributed by atoms with Gasteiger partial charge in [-0.3, -0.25) is 5.10 Å². The minimum absolute atomic E-state index is 0.324. The van der Waals surface area contributed by atoms with E-state index < -0.39 is 5.92 Å². The monoisotopic (exact) mass is 348 g/mol. The summed E-state index contributed by atoms with van der Waals surface area (Å²) < 4.78 is 5.46. The van der Waals surface area contributed by atoms with Crippen molar-refractivity contribution in [2.75, 3.05) is 6.61 Å². The van der Waals surface area contributed by atoms with Gasteiger partial charge in [-0.15, -0.1) is 0 Å². The third-order valence-electron chi connectivity index (χ3n) is 5.22. The van der Waals surface area contributed by atoms with Gasteiger partial charge in [0.05, 0.1) is 29.3 Å². The smallest absolute Gasteiger partial charge is 0.335 e. The zero-order chi connectivity index (χ0) is 18.6. The molecule has 2 N–H and O–H groups in total. The number of ether oxygens (including phenoxy) is 1. The fourth-order valence-corrected chi connectivity index (χ4v) is 3.78. The third-order valence-corrected chi connectivity index (χ3v) is 5.22. The molecule has 0 saturated carbocycles. The molecule has 6 nitrogen and oxygen atoms in total. The third kappa shape index (κ3) is 2.24. The average Bonchev–Trinajstić information content (AvgIpc) is 2.98. The largest absolute Gasteiger partial charge is 0.461 e. The minimum Gasteiger partial charge on any atom is -0.461 e. The van der Waals surface area contributed by atoms with E-state index in [-0.39, 0.29) is 11.4 Å². The van der Waals surface area contributed by atoms with E-state index in [1.54, 1.807) is 0 Å². The molecule has 4 rings (SSSR count). The number of dihydropyridines is 1. The summed E-state index contributed by atoms with van der Waals surface area (Å²) in [7, 11) is 0. The summed E-state index contributed by atoms with van der Waals surface area (Å²) in [5.74, 6) is -0.788. The molecule has 1 aromatic heterocycles. The van der Waals surface area contributed by atoms with Crippen molar-refractivity contribution in [2.24, 2.45) is 5.41 Å². The van der Waals surface area contributed by atoms with Gasteiger partial charge in [-0.05, 0) is 31.5 Å². The van der Waals surface area contributed by atoms with Gasteiger partial charge in [0.25, 0.3) is 0 Å². The number of benzene rings is 1.